The molecule has 0 bridgehead atoms. The van der Waals surface area contributed by atoms with Crippen molar-refractivity contribution >= 4 is 40.6 Å². The van der Waals surface area contributed by atoms with E-state index in [2.05, 4.69) is 14.7 Å². The summed E-state index contributed by atoms with van der Waals surface area (Å²) < 4.78 is 17.4. The van der Waals surface area contributed by atoms with E-state index in [9.17, 15) is 9.18 Å². The van der Waals surface area contributed by atoms with Crippen LogP contribution < -0.4 is 11.1 Å². The molecule has 2 rings (SSSR count). The van der Waals surface area contributed by atoms with Gasteiger partial charge < -0.3 is 11.1 Å². The number of hydrogen-bond donors (Lipinski definition) is 2. The molecule has 0 aliphatic carbocycles. The van der Waals surface area contributed by atoms with Gasteiger partial charge in [-0.2, -0.15) is 4.37 Å². The van der Waals surface area contributed by atoms with Crippen LogP contribution >= 0.6 is 23.3 Å². The Morgan fingerprint density at radius 2 is 2.39 bits per heavy atom. The average molecular weight is 284 g/mol. The van der Waals surface area contributed by atoms with E-state index in [4.69, 9.17) is 5.73 Å². The molecule has 0 saturated carbocycles. The van der Waals surface area contributed by atoms with Crippen molar-refractivity contribution in [3.63, 3.8) is 0 Å². The van der Waals surface area contributed by atoms with Crippen LogP contribution in [0.3, 0.4) is 0 Å². The van der Waals surface area contributed by atoms with Gasteiger partial charge in [-0.05, 0) is 29.7 Å². The largest absolute Gasteiger partial charge is 0.397 e. The normalized spacial score (nSPS) is 10.3. The Hall–Kier alpha value is -1.67. The molecule has 0 spiro atoms. The summed E-state index contributed by atoms with van der Waals surface area (Å²) in [4.78, 5) is 15.6. The molecule has 3 N–H and O–H groups in total. The summed E-state index contributed by atoms with van der Waals surface area (Å²) in [6.07, 6.45) is 1.43. The Bertz CT molecular complexity index is 547. The van der Waals surface area contributed by atoms with E-state index < -0.39 is 5.82 Å². The molecule has 8 heteroatoms. The minimum Gasteiger partial charge on any atom is -0.397 e. The summed E-state index contributed by atoms with van der Waals surface area (Å²) in [6.45, 7) is 0. The van der Waals surface area contributed by atoms with Crippen molar-refractivity contribution in [3.8, 4) is 0 Å². The summed E-state index contributed by atoms with van der Waals surface area (Å²) >= 11 is 2.51. The summed E-state index contributed by atoms with van der Waals surface area (Å²) in [7, 11) is 0. The van der Waals surface area contributed by atoms with E-state index in [1.54, 1.807) is 0 Å². The molecule has 0 unspecified atom stereocenters. The summed E-state index contributed by atoms with van der Waals surface area (Å²) in [5, 5.41) is 2.60. The lowest BCUT2D eigenvalue weighted by molar-refractivity contribution is -0.113. The molecule has 2 aromatic rings. The van der Waals surface area contributed by atoms with Crippen molar-refractivity contribution in [2.75, 3.05) is 16.8 Å². The average Bonchev–Trinajstić information content (AvgIpc) is 2.83. The predicted molar refractivity (Wildman–Crippen MR) is 70.1 cm³/mol. The molecular weight excluding hydrogens is 275 g/mol. The highest BCUT2D eigenvalue weighted by molar-refractivity contribution is 8.01. The summed E-state index contributed by atoms with van der Waals surface area (Å²) in [5.74, 6) is -0.464. The van der Waals surface area contributed by atoms with Crippen LogP contribution in [0, 0.1) is 5.82 Å². The van der Waals surface area contributed by atoms with Gasteiger partial charge in [0.1, 0.15) is 12.1 Å². The Kier molecular flexibility index (Phi) is 4.11. The van der Waals surface area contributed by atoms with Crippen LogP contribution in [0.5, 0.6) is 0 Å². The van der Waals surface area contributed by atoms with Crippen molar-refractivity contribution < 1.29 is 9.18 Å². The number of rotatable bonds is 4. The lowest BCUT2D eigenvalue weighted by Crippen LogP contribution is -2.15. The van der Waals surface area contributed by atoms with E-state index in [-0.39, 0.29) is 17.3 Å². The number of hydrogen-bond acceptors (Lipinski definition) is 6. The van der Waals surface area contributed by atoms with Gasteiger partial charge in [-0.15, -0.1) is 0 Å². The molecule has 0 atom stereocenters. The zero-order valence-electron chi connectivity index (χ0n) is 9.09. The number of thioether (sulfide) groups is 1. The van der Waals surface area contributed by atoms with Gasteiger partial charge in [0.2, 0.25) is 5.91 Å². The number of benzene rings is 1. The fraction of sp³-hybridized carbons (Fsp3) is 0.100. The van der Waals surface area contributed by atoms with Gasteiger partial charge in [-0.3, -0.25) is 4.79 Å². The molecule has 0 fully saturated rings. The molecule has 5 nitrogen and oxygen atoms in total. The quantitative estimate of drug-likeness (QED) is 0.663. The molecule has 94 valence electrons. The number of nitrogens with zero attached hydrogens (tertiary/aromatic N) is 2. The van der Waals surface area contributed by atoms with Gasteiger partial charge in [-0.25, -0.2) is 9.37 Å². The van der Waals surface area contributed by atoms with Gasteiger partial charge in [0.25, 0.3) is 0 Å². The number of nitrogens with two attached hydrogens (primary N) is 1. The molecule has 1 amide bonds. The number of nitrogen functional groups attached to an aromatic ring is 1. The van der Waals surface area contributed by atoms with Crippen LogP contribution in [0.1, 0.15) is 0 Å². The van der Waals surface area contributed by atoms with Crippen molar-refractivity contribution in [1.82, 2.24) is 9.36 Å². The van der Waals surface area contributed by atoms with E-state index in [0.717, 1.165) is 10.4 Å². The molecular formula is C10H9FN4OS2. The Balaban J connectivity index is 1.91. The minimum atomic E-state index is -0.436. The van der Waals surface area contributed by atoms with E-state index in [1.807, 2.05) is 0 Å². The van der Waals surface area contributed by atoms with Gasteiger partial charge in [0.05, 0.1) is 17.1 Å². The van der Waals surface area contributed by atoms with E-state index in [0.29, 0.717) is 5.69 Å². The Labute approximate surface area is 111 Å². The van der Waals surface area contributed by atoms with E-state index >= 15 is 0 Å². The number of anilines is 2. The first-order chi connectivity index (χ1) is 8.65. The van der Waals surface area contributed by atoms with Crippen LogP contribution in [-0.4, -0.2) is 21.0 Å². The third-order valence-electron chi connectivity index (χ3n) is 1.96. The monoisotopic (exact) mass is 284 g/mol. The SMILES string of the molecule is Nc1cc(F)ccc1NC(=O)CSc1ncns1. The number of carbonyl (C=O) groups excluding carboxylic acids is 1. The highest BCUT2D eigenvalue weighted by Gasteiger charge is 2.08. The molecule has 1 aromatic carbocycles. The molecule has 0 aliphatic rings. The number of carbonyl (C=O) groups is 1. The maximum atomic E-state index is 12.8. The second-order valence-electron chi connectivity index (χ2n) is 3.28. The molecule has 0 saturated heterocycles. The Morgan fingerprint density at radius 3 is 3.06 bits per heavy atom. The van der Waals surface area contributed by atoms with Crippen LogP contribution in [-0.2, 0) is 4.79 Å². The highest BCUT2D eigenvalue weighted by Crippen LogP contribution is 2.21. The molecule has 18 heavy (non-hydrogen) atoms. The van der Waals surface area contributed by atoms with E-state index in [1.165, 1.54) is 41.8 Å². The number of nitrogens with one attached hydrogen (secondary N) is 1. The van der Waals surface area contributed by atoms with Gasteiger partial charge >= 0.3 is 0 Å². The highest BCUT2D eigenvalue weighted by atomic mass is 32.2. The second-order valence-corrected chi connectivity index (χ2v) is 5.28. The van der Waals surface area contributed by atoms with Gasteiger partial charge in [-0.1, -0.05) is 11.8 Å². The number of amides is 1. The third-order valence-corrected chi connectivity index (χ3v) is 3.75. The van der Waals surface area contributed by atoms with Crippen molar-refractivity contribution in [2.24, 2.45) is 0 Å². The topological polar surface area (TPSA) is 80.9 Å². The van der Waals surface area contributed by atoms with Crippen molar-refractivity contribution in [3.05, 3.63) is 30.3 Å². The lowest BCUT2D eigenvalue weighted by atomic mass is 10.2. The lowest BCUT2D eigenvalue weighted by Gasteiger charge is -2.07. The first-order valence-electron chi connectivity index (χ1n) is 4.89. The molecule has 0 radical (unpaired) electrons. The zero-order valence-corrected chi connectivity index (χ0v) is 10.7. The molecule has 0 aliphatic heterocycles. The fourth-order valence-electron chi connectivity index (χ4n) is 1.19. The summed E-state index contributed by atoms with van der Waals surface area (Å²) in [5.41, 5.74) is 6.18. The van der Waals surface area contributed by atoms with Gasteiger partial charge in [0, 0.05) is 0 Å². The second kappa shape index (κ2) is 5.78. The molecule has 1 heterocycles. The van der Waals surface area contributed by atoms with Crippen molar-refractivity contribution in [1.29, 1.82) is 0 Å². The standard InChI is InChI=1S/C10H9FN4OS2/c11-6-1-2-8(7(12)3-6)15-9(16)4-17-10-13-5-14-18-10/h1-3,5H,4,12H2,(H,15,16). The van der Waals surface area contributed by atoms with Crippen LogP contribution in [0.15, 0.2) is 28.9 Å². The van der Waals surface area contributed by atoms with Crippen LogP contribution in [0.25, 0.3) is 0 Å². The van der Waals surface area contributed by atoms with Gasteiger partial charge in [0.15, 0.2) is 4.34 Å². The maximum absolute atomic E-state index is 12.8. The summed E-state index contributed by atoms with van der Waals surface area (Å²) in [6, 6.07) is 3.83. The number of halogens is 1. The van der Waals surface area contributed by atoms with Crippen LogP contribution in [0.4, 0.5) is 15.8 Å². The smallest absolute Gasteiger partial charge is 0.234 e. The minimum absolute atomic E-state index is 0.198. The van der Waals surface area contributed by atoms with Crippen molar-refractivity contribution in [2.45, 2.75) is 4.34 Å². The first-order valence-corrected chi connectivity index (χ1v) is 6.65. The zero-order chi connectivity index (χ0) is 13.0. The first kappa shape index (κ1) is 12.8. The third kappa shape index (κ3) is 3.41. The number of aromatic nitrogens is 2. The van der Waals surface area contributed by atoms with Crippen LogP contribution in [0.2, 0.25) is 0 Å². The fourth-order valence-corrected chi connectivity index (χ4v) is 2.43. The Morgan fingerprint density at radius 1 is 1.56 bits per heavy atom. The predicted octanol–water partition coefficient (Wildman–Crippen LogP) is 1.99. The molecule has 1 aromatic heterocycles. The maximum Gasteiger partial charge on any atom is 0.234 e.